The van der Waals surface area contributed by atoms with Crippen LogP contribution in [0.1, 0.15) is 38.8 Å². The van der Waals surface area contributed by atoms with Crippen LogP contribution in [0.4, 0.5) is 4.79 Å². The lowest BCUT2D eigenvalue weighted by atomic mass is 9.86. The van der Waals surface area contributed by atoms with Crippen molar-refractivity contribution < 1.29 is 19.4 Å². The number of carbonyl (C=O) groups excluding carboxylic acids is 2. The number of rotatable bonds is 6. The Morgan fingerprint density at radius 1 is 1.07 bits per heavy atom. The van der Waals surface area contributed by atoms with E-state index in [0.717, 1.165) is 10.5 Å². The molecule has 1 aliphatic heterocycles. The topological polar surface area (TPSA) is 78.9 Å². The van der Waals surface area contributed by atoms with Gasteiger partial charge in [-0.1, -0.05) is 69.3 Å². The second kappa shape index (κ2) is 7.87. The van der Waals surface area contributed by atoms with Crippen LogP contribution in [0.5, 0.6) is 5.75 Å². The minimum Gasteiger partial charge on any atom is -0.491 e. The van der Waals surface area contributed by atoms with Crippen LogP contribution in [0, 0.1) is 0 Å². The molecule has 6 nitrogen and oxygen atoms in total. The van der Waals surface area contributed by atoms with Crippen molar-refractivity contribution in [2.75, 3.05) is 13.2 Å². The van der Waals surface area contributed by atoms with Gasteiger partial charge in [0.15, 0.2) is 0 Å². The van der Waals surface area contributed by atoms with E-state index in [1.165, 1.54) is 0 Å². The van der Waals surface area contributed by atoms with Gasteiger partial charge in [0.1, 0.15) is 24.0 Å². The molecule has 0 radical (unpaired) electrons. The Morgan fingerprint density at radius 2 is 1.69 bits per heavy atom. The smallest absolute Gasteiger partial charge is 0.325 e. The Balaban J connectivity index is 1.67. The third-order valence-corrected chi connectivity index (χ3v) is 5.15. The fourth-order valence-corrected chi connectivity index (χ4v) is 3.49. The minimum atomic E-state index is -1.14. The van der Waals surface area contributed by atoms with Gasteiger partial charge in [0, 0.05) is 0 Å². The number of para-hydroxylation sites is 1. The first-order chi connectivity index (χ1) is 13.6. The largest absolute Gasteiger partial charge is 0.491 e. The highest BCUT2D eigenvalue weighted by atomic mass is 16.5. The maximum absolute atomic E-state index is 12.9. The van der Waals surface area contributed by atoms with E-state index in [-0.39, 0.29) is 24.5 Å². The van der Waals surface area contributed by atoms with E-state index >= 15 is 0 Å². The Kier molecular flexibility index (Phi) is 5.66. The highest BCUT2D eigenvalue weighted by Gasteiger charge is 2.49. The van der Waals surface area contributed by atoms with Crippen LogP contribution in [0.25, 0.3) is 0 Å². The third kappa shape index (κ3) is 4.27. The Hall–Kier alpha value is -2.86. The highest BCUT2D eigenvalue weighted by Crippen LogP contribution is 2.31. The number of ether oxygens (including phenoxy) is 1. The second-order valence-electron chi connectivity index (χ2n) is 8.55. The van der Waals surface area contributed by atoms with Gasteiger partial charge in [-0.15, -0.1) is 0 Å². The van der Waals surface area contributed by atoms with Gasteiger partial charge in [0.05, 0.1) is 6.54 Å². The van der Waals surface area contributed by atoms with Gasteiger partial charge in [0.2, 0.25) is 0 Å². The molecule has 2 aromatic carbocycles. The van der Waals surface area contributed by atoms with Gasteiger partial charge >= 0.3 is 6.03 Å². The van der Waals surface area contributed by atoms with E-state index in [2.05, 4.69) is 26.1 Å². The molecule has 6 heteroatoms. The maximum Gasteiger partial charge on any atom is 0.325 e. The van der Waals surface area contributed by atoms with Gasteiger partial charge in [-0.3, -0.25) is 9.69 Å². The number of urea groups is 1. The van der Waals surface area contributed by atoms with Crippen molar-refractivity contribution in [1.29, 1.82) is 0 Å². The molecule has 0 bridgehead atoms. The summed E-state index contributed by atoms with van der Waals surface area (Å²) in [6, 6.07) is 16.2. The van der Waals surface area contributed by atoms with E-state index < -0.39 is 17.7 Å². The lowest BCUT2D eigenvalue weighted by Gasteiger charge is -2.25. The molecule has 0 aliphatic carbocycles. The predicted octanol–water partition coefficient (Wildman–Crippen LogP) is 3.19. The summed E-state index contributed by atoms with van der Waals surface area (Å²) in [7, 11) is 0. The zero-order valence-electron chi connectivity index (χ0n) is 17.3. The minimum absolute atomic E-state index is 0.0216. The Morgan fingerprint density at radius 3 is 2.34 bits per heavy atom. The van der Waals surface area contributed by atoms with Crippen molar-refractivity contribution in [3.05, 3.63) is 65.7 Å². The van der Waals surface area contributed by atoms with Gasteiger partial charge in [-0.2, -0.15) is 0 Å². The first-order valence-corrected chi connectivity index (χ1v) is 9.73. The van der Waals surface area contributed by atoms with Crippen LogP contribution in [-0.4, -0.2) is 41.2 Å². The number of β-amino-alcohol motifs (C(OH)–C–C–N with tert-alkyl or cyclic N) is 1. The lowest BCUT2D eigenvalue weighted by Crippen LogP contribution is -2.42. The number of nitrogens with zero attached hydrogens (tertiary/aromatic N) is 1. The van der Waals surface area contributed by atoms with Crippen LogP contribution < -0.4 is 10.1 Å². The first-order valence-electron chi connectivity index (χ1n) is 9.73. The van der Waals surface area contributed by atoms with Gasteiger partial charge in [-0.25, -0.2) is 4.79 Å². The van der Waals surface area contributed by atoms with E-state index in [1.807, 2.05) is 42.5 Å². The monoisotopic (exact) mass is 396 g/mol. The molecular weight excluding hydrogens is 368 g/mol. The van der Waals surface area contributed by atoms with Crippen molar-refractivity contribution in [2.24, 2.45) is 0 Å². The number of aliphatic hydroxyl groups is 1. The van der Waals surface area contributed by atoms with Gasteiger partial charge in [-0.05, 0) is 29.5 Å². The zero-order chi connectivity index (χ0) is 21.2. The summed E-state index contributed by atoms with van der Waals surface area (Å²) in [4.78, 5) is 26.4. The van der Waals surface area contributed by atoms with E-state index in [1.54, 1.807) is 19.1 Å². The van der Waals surface area contributed by atoms with Gasteiger partial charge < -0.3 is 15.2 Å². The molecule has 1 aliphatic rings. The Labute approximate surface area is 171 Å². The summed E-state index contributed by atoms with van der Waals surface area (Å²) >= 11 is 0. The molecule has 1 heterocycles. The van der Waals surface area contributed by atoms with Crippen LogP contribution in [-0.2, 0) is 15.7 Å². The number of imide groups is 1. The van der Waals surface area contributed by atoms with Crippen molar-refractivity contribution in [1.82, 2.24) is 10.2 Å². The Bertz CT molecular complexity index is 891. The molecule has 2 aromatic rings. The normalized spacial score (nSPS) is 20.5. The zero-order valence-corrected chi connectivity index (χ0v) is 17.3. The summed E-state index contributed by atoms with van der Waals surface area (Å²) < 4.78 is 5.82. The molecule has 3 amide bonds. The van der Waals surface area contributed by atoms with Crippen molar-refractivity contribution >= 4 is 11.9 Å². The summed E-state index contributed by atoms with van der Waals surface area (Å²) in [6.45, 7) is 7.78. The molecule has 0 aromatic heterocycles. The average Bonchev–Trinajstić information content (AvgIpc) is 2.90. The number of nitrogens with one attached hydrogen (secondary N) is 1. The molecule has 3 rings (SSSR count). The predicted molar refractivity (Wildman–Crippen MR) is 111 cm³/mol. The molecule has 2 unspecified atom stereocenters. The molecule has 2 atom stereocenters. The second-order valence-corrected chi connectivity index (χ2v) is 8.55. The summed E-state index contributed by atoms with van der Waals surface area (Å²) in [5.74, 6) is 0.299. The van der Waals surface area contributed by atoms with Crippen molar-refractivity contribution in [2.45, 2.75) is 44.8 Å². The number of aliphatic hydroxyl groups excluding tert-OH is 1. The number of amides is 3. The summed E-state index contributed by atoms with van der Waals surface area (Å²) in [5, 5.41) is 13.2. The van der Waals surface area contributed by atoms with E-state index in [9.17, 15) is 14.7 Å². The molecule has 0 spiro atoms. The fraction of sp³-hybridized carbons (Fsp3) is 0.391. The third-order valence-electron chi connectivity index (χ3n) is 5.15. The average molecular weight is 396 g/mol. The summed E-state index contributed by atoms with van der Waals surface area (Å²) in [5.41, 5.74) is 0.478. The maximum atomic E-state index is 12.9. The first kappa shape index (κ1) is 20.9. The molecule has 0 saturated carbocycles. The number of hydrogen-bond donors (Lipinski definition) is 2. The van der Waals surface area contributed by atoms with Crippen LogP contribution >= 0.6 is 0 Å². The SMILES string of the molecule is CC(C)(C)c1ccccc1OCC(O)CN1C(=O)NC(C)(c2ccccc2)C1=O. The van der Waals surface area contributed by atoms with Crippen molar-refractivity contribution in [3.63, 3.8) is 0 Å². The molecule has 154 valence electrons. The number of hydrogen-bond acceptors (Lipinski definition) is 4. The standard InChI is InChI=1S/C23H28N2O4/c1-22(2,3)18-12-8-9-13-19(18)29-15-17(26)14-25-20(27)23(4,24-21(25)28)16-10-6-5-7-11-16/h5-13,17,26H,14-15H2,1-4H3,(H,24,28). The lowest BCUT2D eigenvalue weighted by molar-refractivity contribution is -0.132. The molecule has 2 N–H and O–H groups in total. The van der Waals surface area contributed by atoms with E-state index in [0.29, 0.717) is 11.3 Å². The number of carbonyl (C=O) groups is 2. The molecule has 29 heavy (non-hydrogen) atoms. The van der Waals surface area contributed by atoms with Crippen LogP contribution in [0.2, 0.25) is 0 Å². The fourth-order valence-electron chi connectivity index (χ4n) is 3.49. The van der Waals surface area contributed by atoms with Crippen molar-refractivity contribution in [3.8, 4) is 5.75 Å². The highest BCUT2D eigenvalue weighted by molar-refractivity contribution is 6.07. The molecular formula is C23H28N2O4. The number of benzene rings is 2. The summed E-state index contributed by atoms with van der Waals surface area (Å²) in [6.07, 6.45) is -1.00. The van der Waals surface area contributed by atoms with Crippen LogP contribution in [0.15, 0.2) is 54.6 Å². The van der Waals surface area contributed by atoms with Gasteiger partial charge in [0.25, 0.3) is 5.91 Å². The quantitative estimate of drug-likeness (QED) is 0.735. The van der Waals surface area contributed by atoms with E-state index in [4.69, 9.17) is 4.74 Å². The van der Waals surface area contributed by atoms with Crippen LogP contribution in [0.3, 0.4) is 0 Å². The molecule has 1 fully saturated rings. The molecule has 1 saturated heterocycles.